The number of rotatable bonds is 6. The van der Waals surface area contributed by atoms with Crippen molar-refractivity contribution < 1.29 is 18.2 Å². The lowest BCUT2D eigenvalue weighted by atomic mass is 10.0. The summed E-state index contributed by atoms with van der Waals surface area (Å²) in [5, 5.41) is 0.809. The number of ether oxygens (including phenoxy) is 1. The van der Waals surface area contributed by atoms with Crippen LogP contribution in [0.15, 0.2) is 88.2 Å². The average Bonchev–Trinajstić information content (AvgIpc) is 3.12. The Balaban J connectivity index is 1.74. The van der Waals surface area contributed by atoms with Gasteiger partial charge in [-0.2, -0.15) is 0 Å². The Kier molecular flexibility index (Phi) is 5.08. The standard InChI is InChI=1S/C23H18O4S/c1-26-17-11-13-18(14-12-17)28(25)15-20-19-9-5-6-10-21(19)27-23(20)22(24)16-7-3-2-4-8-16/h2-14H,15H2,1H3. The van der Waals surface area contributed by atoms with Gasteiger partial charge >= 0.3 is 0 Å². The van der Waals surface area contributed by atoms with Gasteiger partial charge in [-0.3, -0.25) is 9.00 Å². The molecule has 28 heavy (non-hydrogen) atoms. The predicted molar refractivity (Wildman–Crippen MR) is 109 cm³/mol. The molecule has 4 aromatic rings. The van der Waals surface area contributed by atoms with E-state index in [4.69, 9.17) is 9.15 Å². The van der Waals surface area contributed by atoms with E-state index in [9.17, 15) is 9.00 Å². The first-order chi connectivity index (χ1) is 13.7. The Hall–Kier alpha value is -3.18. The van der Waals surface area contributed by atoms with E-state index in [0.717, 1.165) is 5.39 Å². The molecular formula is C23H18O4S. The topological polar surface area (TPSA) is 56.5 Å². The second-order valence-electron chi connectivity index (χ2n) is 6.27. The molecule has 140 valence electrons. The van der Waals surface area contributed by atoms with E-state index in [0.29, 0.717) is 27.4 Å². The van der Waals surface area contributed by atoms with Gasteiger partial charge in [-0.25, -0.2) is 0 Å². The molecule has 0 radical (unpaired) electrons. The molecule has 0 bridgehead atoms. The fourth-order valence-electron chi connectivity index (χ4n) is 3.09. The molecule has 4 rings (SSSR count). The van der Waals surface area contributed by atoms with Crippen molar-refractivity contribution >= 4 is 27.6 Å². The van der Waals surface area contributed by atoms with Gasteiger partial charge < -0.3 is 9.15 Å². The van der Waals surface area contributed by atoms with Gasteiger partial charge in [-0.1, -0.05) is 48.5 Å². The molecule has 0 fully saturated rings. The number of hydrogen-bond acceptors (Lipinski definition) is 4. The van der Waals surface area contributed by atoms with Crippen molar-refractivity contribution in [3.8, 4) is 5.75 Å². The number of fused-ring (bicyclic) bond motifs is 1. The van der Waals surface area contributed by atoms with E-state index >= 15 is 0 Å². The largest absolute Gasteiger partial charge is 0.497 e. The van der Waals surface area contributed by atoms with E-state index in [-0.39, 0.29) is 17.3 Å². The molecule has 0 aliphatic carbocycles. The molecular weight excluding hydrogens is 372 g/mol. The van der Waals surface area contributed by atoms with Crippen LogP contribution in [-0.2, 0) is 16.6 Å². The molecule has 1 unspecified atom stereocenters. The Morgan fingerprint density at radius 1 is 0.929 bits per heavy atom. The summed E-state index contributed by atoms with van der Waals surface area (Å²) in [7, 11) is 0.258. The third-order valence-electron chi connectivity index (χ3n) is 4.54. The van der Waals surface area contributed by atoms with Crippen molar-refractivity contribution in [2.75, 3.05) is 7.11 Å². The SMILES string of the molecule is COc1ccc(S(=O)Cc2c(C(=O)c3ccccc3)oc3ccccc23)cc1. The zero-order valence-electron chi connectivity index (χ0n) is 15.3. The average molecular weight is 390 g/mol. The van der Waals surface area contributed by atoms with Crippen LogP contribution in [0, 0.1) is 0 Å². The summed E-state index contributed by atoms with van der Waals surface area (Å²) in [4.78, 5) is 13.7. The van der Waals surface area contributed by atoms with Crippen molar-refractivity contribution in [1.29, 1.82) is 0 Å². The van der Waals surface area contributed by atoms with Gasteiger partial charge in [0.2, 0.25) is 5.78 Å². The number of ketones is 1. The summed E-state index contributed by atoms with van der Waals surface area (Å²) >= 11 is 0. The van der Waals surface area contributed by atoms with Crippen LogP contribution in [0.4, 0.5) is 0 Å². The number of para-hydroxylation sites is 1. The lowest BCUT2D eigenvalue weighted by molar-refractivity contribution is 0.101. The maximum atomic E-state index is 13.0. The van der Waals surface area contributed by atoms with Crippen molar-refractivity contribution in [3.05, 3.63) is 95.7 Å². The molecule has 0 saturated heterocycles. The van der Waals surface area contributed by atoms with Crippen LogP contribution in [0.25, 0.3) is 11.0 Å². The molecule has 4 nitrogen and oxygen atoms in total. The van der Waals surface area contributed by atoms with Crippen molar-refractivity contribution in [2.24, 2.45) is 0 Å². The highest BCUT2D eigenvalue weighted by molar-refractivity contribution is 7.84. The fraction of sp³-hybridized carbons (Fsp3) is 0.0870. The molecule has 0 saturated carbocycles. The van der Waals surface area contributed by atoms with Crippen molar-refractivity contribution in [3.63, 3.8) is 0 Å². The molecule has 0 spiro atoms. The van der Waals surface area contributed by atoms with Crippen LogP contribution in [0.1, 0.15) is 21.7 Å². The van der Waals surface area contributed by atoms with E-state index in [2.05, 4.69) is 0 Å². The van der Waals surface area contributed by atoms with Crippen LogP contribution in [0.2, 0.25) is 0 Å². The van der Waals surface area contributed by atoms with Gasteiger partial charge in [-0.05, 0) is 30.3 Å². The quantitative estimate of drug-likeness (QED) is 0.436. The molecule has 0 N–H and O–H groups in total. The number of carbonyl (C=O) groups is 1. The Morgan fingerprint density at radius 3 is 2.32 bits per heavy atom. The molecule has 0 aliphatic rings. The summed E-state index contributed by atoms with van der Waals surface area (Å²) in [5.41, 5.74) is 1.82. The second kappa shape index (κ2) is 7.82. The minimum Gasteiger partial charge on any atom is -0.497 e. The smallest absolute Gasteiger partial charge is 0.228 e. The summed E-state index contributed by atoms with van der Waals surface area (Å²) < 4.78 is 24.0. The van der Waals surface area contributed by atoms with E-state index < -0.39 is 10.8 Å². The minimum atomic E-state index is -1.33. The number of furan rings is 1. The molecule has 5 heteroatoms. The fourth-order valence-corrected chi connectivity index (χ4v) is 4.24. The number of carbonyl (C=O) groups excluding carboxylic acids is 1. The number of hydrogen-bond donors (Lipinski definition) is 0. The first-order valence-electron chi connectivity index (χ1n) is 8.80. The highest BCUT2D eigenvalue weighted by Crippen LogP contribution is 2.30. The maximum absolute atomic E-state index is 13.0. The van der Waals surface area contributed by atoms with E-state index in [1.54, 1.807) is 43.5 Å². The van der Waals surface area contributed by atoms with Gasteiger partial charge in [0.25, 0.3) is 0 Å². The molecule has 1 aromatic heterocycles. The van der Waals surface area contributed by atoms with Crippen molar-refractivity contribution in [1.82, 2.24) is 0 Å². The first kappa shape index (κ1) is 18.2. The van der Waals surface area contributed by atoms with Crippen LogP contribution in [-0.4, -0.2) is 17.1 Å². The minimum absolute atomic E-state index is 0.192. The molecule has 3 aromatic carbocycles. The van der Waals surface area contributed by atoms with Gasteiger partial charge in [0, 0.05) is 21.4 Å². The van der Waals surface area contributed by atoms with E-state index in [1.807, 2.05) is 42.5 Å². The highest BCUT2D eigenvalue weighted by Gasteiger charge is 2.23. The Labute approximate surface area is 165 Å². The van der Waals surface area contributed by atoms with Crippen LogP contribution in [0.5, 0.6) is 5.75 Å². The third-order valence-corrected chi connectivity index (χ3v) is 5.89. The lowest BCUT2D eigenvalue weighted by Crippen LogP contribution is -2.05. The van der Waals surface area contributed by atoms with Gasteiger partial charge in [-0.15, -0.1) is 0 Å². The summed E-state index contributed by atoms with van der Waals surface area (Å²) in [6.07, 6.45) is 0. The lowest BCUT2D eigenvalue weighted by Gasteiger charge is -2.05. The summed E-state index contributed by atoms with van der Waals surface area (Å²) in [5.74, 6) is 0.930. The number of benzene rings is 3. The summed E-state index contributed by atoms with van der Waals surface area (Å²) in [6.45, 7) is 0. The monoisotopic (exact) mass is 390 g/mol. The zero-order valence-corrected chi connectivity index (χ0v) is 16.1. The molecule has 0 aliphatic heterocycles. The third kappa shape index (κ3) is 3.49. The van der Waals surface area contributed by atoms with E-state index in [1.165, 1.54) is 0 Å². The summed E-state index contributed by atoms with van der Waals surface area (Å²) in [6, 6.07) is 23.5. The normalized spacial score (nSPS) is 12.0. The van der Waals surface area contributed by atoms with Crippen LogP contribution in [0.3, 0.4) is 0 Å². The zero-order chi connectivity index (χ0) is 19.5. The molecule has 1 atom stereocenters. The maximum Gasteiger partial charge on any atom is 0.228 e. The second-order valence-corrected chi connectivity index (χ2v) is 7.72. The van der Waals surface area contributed by atoms with Gasteiger partial charge in [0.15, 0.2) is 5.76 Å². The number of methoxy groups -OCH3 is 1. The first-order valence-corrected chi connectivity index (χ1v) is 10.1. The van der Waals surface area contributed by atoms with Crippen molar-refractivity contribution in [2.45, 2.75) is 10.6 Å². The van der Waals surface area contributed by atoms with Crippen LogP contribution < -0.4 is 4.74 Å². The van der Waals surface area contributed by atoms with Gasteiger partial charge in [0.1, 0.15) is 11.3 Å². The predicted octanol–water partition coefficient (Wildman–Crippen LogP) is 4.98. The molecule has 1 heterocycles. The Bertz CT molecular complexity index is 1140. The highest BCUT2D eigenvalue weighted by atomic mass is 32.2. The molecule has 0 amide bonds. The van der Waals surface area contributed by atoms with Gasteiger partial charge in [0.05, 0.1) is 23.7 Å². The Morgan fingerprint density at radius 2 is 1.61 bits per heavy atom. The van der Waals surface area contributed by atoms with Crippen LogP contribution >= 0.6 is 0 Å².